The van der Waals surface area contributed by atoms with Gasteiger partial charge in [0.05, 0.1) is 0 Å². The second-order valence-corrected chi connectivity index (χ2v) is 4.04. The first kappa shape index (κ1) is 8.95. The van der Waals surface area contributed by atoms with Gasteiger partial charge in [-0.2, -0.15) is 0 Å². The van der Waals surface area contributed by atoms with E-state index < -0.39 is 0 Å². The summed E-state index contributed by atoms with van der Waals surface area (Å²) in [5, 5.41) is 0. The van der Waals surface area contributed by atoms with E-state index in [1.54, 1.807) is 0 Å². The van der Waals surface area contributed by atoms with Gasteiger partial charge in [0.15, 0.2) is 0 Å². The van der Waals surface area contributed by atoms with E-state index in [0.717, 1.165) is 6.42 Å². The Kier molecular flexibility index (Phi) is 2.79. The van der Waals surface area contributed by atoms with Crippen molar-refractivity contribution in [3.63, 3.8) is 0 Å². The van der Waals surface area contributed by atoms with E-state index in [2.05, 4.69) is 22.9 Å². The lowest BCUT2D eigenvalue weighted by atomic mass is 10.1. The first-order chi connectivity index (χ1) is 6.36. The Morgan fingerprint density at radius 2 is 2.08 bits per heavy atom. The second kappa shape index (κ2) is 4.05. The predicted molar refractivity (Wildman–Crippen MR) is 56.1 cm³/mol. The van der Waals surface area contributed by atoms with Gasteiger partial charge < -0.3 is 0 Å². The van der Waals surface area contributed by atoms with E-state index in [-0.39, 0.29) is 0 Å². The van der Waals surface area contributed by atoms with Gasteiger partial charge in [-0.3, -0.25) is 9.89 Å². The zero-order valence-electron chi connectivity index (χ0n) is 8.37. The molecule has 0 bridgehead atoms. The van der Waals surface area contributed by atoms with E-state index in [1.807, 2.05) is 6.21 Å². The van der Waals surface area contributed by atoms with Crippen molar-refractivity contribution in [1.29, 1.82) is 0 Å². The third kappa shape index (κ3) is 2.19. The molecule has 1 unspecified atom stereocenters. The SMILES string of the molecule is CC1=CCC(N2CCCCC2)N=C1. The van der Waals surface area contributed by atoms with Crippen LogP contribution in [0.15, 0.2) is 16.6 Å². The van der Waals surface area contributed by atoms with Crippen LogP contribution in [0.5, 0.6) is 0 Å². The van der Waals surface area contributed by atoms with Gasteiger partial charge in [0.1, 0.15) is 6.17 Å². The highest BCUT2D eigenvalue weighted by molar-refractivity contribution is 5.78. The van der Waals surface area contributed by atoms with Crippen molar-refractivity contribution >= 4 is 6.21 Å². The Labute approximate surface area is 80.3 Å². The number of nitrogens with zero attached hydrogens (tertiary/aromatic N) is 2. The maximum atomic E-state index is 4.57. The minimum atomic E-state index is 0.448. The standard InChI is InChI=1S/C11H18N2/c1-10-5-6-11(12-9-10)13-7-3-2-4-8-13/h5,9,11H,2-4,6-8H2,1H3. The molecule has 13 heavy (non-hydrogen) atoms. The Morgan fingerprint density at radius 1 is 1.31 bits per heavy atom. The molecule has 2 rings (SSSR count). The van der Waals surface area contributed by atoms with Gasteiger partial charge in [-0.1, -0.05) is 12.5 Å². The molecule has 2 heteroatoms. The number of hydrogen-bond acceptors (Lipinski definition) is 2. The van der Waals surface area contributed by atoms with Crippen molar-refractivity contribution < 1.29 is 0 Å². The highest BCUT2D eigenvalue weighted by Crippen LogP contribution is 2.18. The molecule has 0 aromatic carbocycles. The minimum Gasteiger partial charge on any atom is -0.282 e. The molecule has 2 aliphatic rings. The summed E-state index contributed by atoms with van der Waals surface area (Å²) in [4.78, 5) is 7.08. The van der Waals surface area contributed by atoms with Crippen LogP contribution in [0.1, 0.15) is 32.6 Å². The monoisotopic (exact) mass is 178 g/mol. The molecular weight excluding hydrogens is 160 g/mol. The summed E-state index contributed by atoms with van der Waals surface area (Å²) < 4.78 is 0. The number of aliphatic imine (C=N–C) groups is 1. The number of hydrogen-bond donors (Lipinski definition) is 0. The maximum absolute atomic E-state index is 4.57. The van der Waals surface area contributed by atoms with Gasteiger partial charge in [0.25, 0.3) is 0 Å². The fraction of sp³-hybridized carbons (Fsp3) is 0.727. The lowest BCUT2D eigenvalue weighted by Crippen LogP contribution is -2.38. The maximum Gasteiger partial charge on any atom is 0.105 e. The molecule has 0 aliphatic carbocycles. The van der Waals surface area contributed by atoms with Gasteiger partial charge in [0, 0.05) is 25.7 Å². The molecule has 1 fully saturated rings. The molecule has 0 spiro atoms. The van der Waals surface area contributed by atoms with Crippen LogP contribution in [0, 0.1) is 0 Å². The predicted octanol–water partition coefficient (Wildman–Crippen LogP) is 2.22. The highest BCUT2D eigenvalue weighted by atomic mass is 15.2. The fourth-order valence-corrected chi connectivity index (χ4v) is 2.07. The molecule has 72 valence electrons. The Hall–Kier alpha value is -0.630. The van der Waals surface area contributed by atoms with E-state index in [9.17, 15) is 0 Å². The van der Waals surface area contributed by atoms with Gasteiger partial charge in [-0.15, -0.1) is 0 Å². The molecule has 2 aliphatic heterocycles. The normalized spacial score (nSPS) is 30.2. The lowest BCUT2D eigenvalue weighted by Gasteiger charge is -2.32. The van der Waals surface area contributed by atoms with Crippen molar-refractivity contribution in [2.45, 2.75) is 38.8 Å². The Bertz CT molecular complexity index is 224. The van der Waals surface area contributed by atoms with Gasteiger partial charge >= 0.3 is 0 Å². The van der Waals surface area contributed by atoms with Gasteiger partial charge in [-0.25, -0.2) is 0 Å². The van der Waals surface area contributed by atoms with Gasteiger partial charge in [-0.05, 0) is 25.3 Å². The second-order valence-electron chi connectivity index (χ2n) is 4.04. The molecular formula is C11H18N2. The number of dihydropyridines is 1. The summed E-state index contributed by atoms with van der Waals surface area (Å²) in [5.74, 6) is 0. The minimum absolute atomic E-state index is 0.448. The van der Waals surface area contributed by atoms with Crippen LogP contribution in [-0.2, 0) is 0 Å². The van der Waals surface area contributed by atoms with Crippen molar-refractivity contribution in [3.8, 4) is 0 Å². The summed E-state index contributed by atoms with van der Waals surface area (Å²) in [5.41, 5.74) is 1.31. The number of piperidine rings is 1. The summed E-state index contributed by atoms with van der Waals surface area (Å²) in [6, 6.07) is 0. The third-order valence-electron chi connectivity index (χ3n) is 2.91. The molecule has 0 aromatic rings. The zero-order chi connectivity index (χ0) is 9.10. The van der Waals surface area contributed by atoms with Crippen molar-refractivity contribution in [1.82, 2.24) is 4.90 Å². The zero-order valence-corrected chi connectivity index (χ0v) is 8.37. The van der Waals surface area contributed by atoms with Crippen LogP contribution in [0.25, 0.3) is 0 Å². The molecule has 2 nitrogen and oxygen atoms in total. The molecule has 1 atom stereocenters. The van der Waals surface area contributed by atoms with E-state index in [4.69, 9.17) is 0 Å². The average molecular weight is 178 g/mol. The van der Waals surface area contributed by atoms with E-state index in [0.29, 0.717) is 6.17 Å². The molecule has 1 saturated heterocycles. The first-order valence-corrected chi connectivity index (χ1v) is 5.30. The van der Waals surface area contributed by atoms with Crippen LogP contribution >= 0.6 is 0 Å². The van der Waals surface area contributed by atoms with E-state index >= 15 is 0 Å². The van der Waals surface area contributed by atoms with Crippen molar-refractivity contribution in [3.05, 3.63) is 11.6 Å². The number of likely N-dealkylation sites (tertiary alicyclic amines) is 1. The van der Waals surface area contributed by atoms with Crippen LogP contribution < -0.4 is 0 Å². The van der Waals surface area contributed by atoms with Crippen molar-refractivity contribution in [2.75, 3.05) is 13.1 Å². The van der Waals surface area contributed by atoms with Gasteiger partial charge in [0.2, 0.25) is 0 Å². The molecule has 0 N–H and O–H groups in total. The summed E-state index contributed by atoms with van der Waals surface area (Å²) >= 11 is 0. The Balaban J connectivity index is 1.91. The molecule has 0 radical (unpaired) electrons. The van der Waals surface area contributed by atoms with Crippen LogP contribution in [0.3, 0.4) is 0 Å². The average Bonchev–Trinajstić information content (AvgIpc) is 2.20. The highest BCUT2D eigenvalue weighted by Gasteiger charge is 2.19. The largest absolute Gasteiger partial charge is 0.282 e. The molecule has 0 aromatic heterocycles. The molecule has 2 heterocycles. The molecule has 0 amide bonds. The van der Waals surface area contributed by atoms with Crippen LogP contribution in [-0.4, -0.2) is 30.4 Å². The summed E-state index contributed by atoms with van der Waals surface area (Å²) in [6.45, 7) is 4.61. The smallest absolute Gasteiger partial charge is 0.105 e. The topological polar surface area (TPSA) is 15.6 Å². The Morgan fingerprint density at radius 3 is 2.69 bits per heavy atom. The fourth-order valence-electron chi connectivity index (χ4n) is 2.07. The molecule has 0 saturated carbocycles. The van der Waals surface area contributed by atoms with Crippen molar-refractivity contribution in [2.24, 2.45) is 4.99 Å². The van der Waals surface area contributed by atoms with Crippen LogP contribution in [0.2, 0.25) is 0 Å². The third-order valence-corrected chi connectivity index (χ3v) is 2.91. The number of rotatable bonds is 1. The summed E-state index contributed by atoms with van der Waals surface area (Å²) in [6.07, 6.45) is 9.99. The quantitative estimate of drug-likeness (QED) is 0.601. The number of allylic oxidation sites excluding steroid dienone is 1. The summed E-state index contributed by atoms with van der Waals surface area (Å²) in [7, 11) is 0. The lowest BCUT2D eigenvalue weighted by molar-refractivity contribution is 0.168. The van der Waals surface area contributed by atoms with Crippen LogP contribution in [0.4, 0.5) is 0 Å². The van der Waals surface area contributed by atoms with E-state index in [1.165, 1.54) is 37.9 Å². The first-order valence-electron chi connectivity index (χ1n) is 5.30.